The van der Waals surface area contributed by atoms with Crippen LogP contribution >= 0.6 is 8.15 Å². The van der Waals surface area contributed by atoms with Crippen LogP contribution in [0, 0.1) is 12.8 Å². The number of hydrogen-bond acceptors (Lipinski definition) is 4. The van der Waals surface area contributed by atoms with Gasteiger partial charge in [-0.15, -0.1) is 0 Å². The number of pyridine rings is 1. The van der Waals surface area contributed by atoms with E-state index < -0.39 is 8.15 Å². The van der Waals surface area contributed by atoms with E-state index in [4.69, 9.17) is 14.5 Å². The topological polar surface area (TPSA) is 51.6 Å². The van der Waals surface area contributed by atoms with Crippen molar-refractivity contribution in [1.29, 1.82) is 0 Å². The molecule has 0 radical (unpaired) electrons. The lowest BCUT2D eigenvalue weighted by molar-refractivity contribution is 0.200. The number of methoxy groups -OCH3 is 1. The molecule has 2 aromatic carbocycles. The van der Waals surface area contributed by atoms with Gasteiger partial charge in [-0.3, -0.25) is 4.98 Å². The zero-order valence-electron chi connectivity index (χ0n) is 24.6. The fourth-order valence-corrected chi connectivity index (χ4v) is 6.22. The van der Waals surface area contributed by atoms with Crippen molar-refractivity contribution < 1.29 is 14.4 Å². The van der Waals surface area contributed by atoms with E-state index >= 15 is 0 Å². The van der Waals surface area contributed by atoms with Crippen LogP contribution in [-0.4, -0.2) is 36.4 Å². The van der Waals surface area contributed by atoms with Crippen molar-refractivity contribution in [2.24, 2.45) is 5.92 Å². The van der Waals surface area contributed by atoms with Gasteiger partial charge in [-0.25, -0.2) is 0 Å². The van der Waals surface area contributed by atoms with Gasteiger partial charge in [0.25, 0.3) is 0 Å². The molecule has 0 bridgehead atoms. The average Bonchev–Trinajstić information content (AvgIpc) is 3.87. The van der Waals surface area contributed by atoms with Crippen LogP contribution in [0.15, 0.2) is 54.6 Å². The third kappa shape index (κ3) is 8.54. The van der Waals surface area contributed by atoms with E-state index in [1.165, 1.54) is 85.7 Å². The van der Waals surface area contributed by atoms with Gasteiger partial charge in [0.15, 0.2) is 0 Å². The smallest absolute Gasteiger partial charge is 0.119 e. The minimum Gasteiger partial charge on any atom is -0.497 e. The Morgan fingerprint density at radius 2 is 1.62 bits per heavy atom. The summed E-state index contributed by atoms with van der Waals surface area (Å²) in [5.41, 5.74) is 7.66. The van der Waals surface area contributed by atoms with Crippen molar-refractivity contribution in [2.75, 3.05) is 26.5 Å². The van der Waals surface area contributed by atoms with Crippen molar-refractivity contribution in [3.8, 4) is 22.6 Å². The van der Waals surface area contributed by atoms with Crippen LogP contribution in [0.1, 0.15) is 92.1 Å². The maximum atomic E-state index is 9.64. The molecule has 1 atom stereocenters. The van der Waals surface area contributed by atoms with Gasteiger partial charge < -0.3 is 14.4 Å². The van der Waals surface area contributed by atoms with Gasteiger partial charge in [0.1, 0.15) is 11.5 Å². The lowest BCUT2D eigenvalue weighted by Crippen LogP contribution is -2.19. The van der Waals surface area contributed by atoms with Crippen molar-refractivity contribution in [1.82, 2.24) is 4.98 Å². The molecule has 6 rings (SSSR count). The van der Waals surface area contributed by atoms with Crippen LogP contribution in [0.4, 0.5) is 0 Å². The van der Waals surface area contributed by atoms with Crippen molar-refractivity contribution in [3.05, 3.63) is 77.1 Å². The molecule has 3 aliphatic carbocycles. The van der Waals surface area contributed by atoms with Gasteiger partial charge >= 0.3 is 0 Å². The first-order valence-corrected chi connectivity index (χ1v) is 17.2. The van der Waals surface area contributed by atoms with E-state index in [0.717, 1.165) is 36.4 Å². The number of hydrogen-bond donors (Lipinski definition) is 1. The zero-order chi connectivity index (χ0) is 27.9. The number of rotatable bonds is 10. The lowest BCUT2D eigenvalue weighted by atomic mass is 9.77. The van der Waals surface area contributed by atoms with E-state index in [2.05, 4.69) is 61.5 Å². The first-order chi connectivity index (χ1) is 19.5. The Morgan fingerprint density at radius 1 is 0.875 bits per heavy atom. The van der Waals surface area contributed by atoms with Crippen LogP contribution < -0.4 is 9.47 Å². The summed E-state index contributed by atoms with van der Waals surface area (Å²) in [5.74, 6) is 3.65. The third-order valence-corrected chi connectivity index (χ3v) is 9.16. The molecule has 40 heavy (non-hydrogen) atoms. The maximum absolute atomic E-state index is 9.64. The van der Waals surface area contributed by atoms with Crippen molar-refractivity contribution >= 4 is 8.15 Å². The summed E-state index contributed by atoms with van der Waals surface area (Å²) >= 11 is 0. The second-order valence-corrected chi connectivity index (χ2v) is 13.8. The van der Waals surface area contributed by atoms with E-state index in [0.29, 0.717) is 17.8 Å². The van der Waals surface area contributed by atoms with Crippen LogP contribution in [0.5, 0.6) is 11.5 Å². The molecule has 1 aromatic heterocycles. The predicted octanol–water partition coefficient (Wildman–Crippen LogP) is 9.03. The molecule has 1 unspecified atom stereocenters. The largest absolute Gasteiger partial charge is 0.497 e. The summed E-state index contributed by atoms with van der Waals surface area (Å²) in [5, 5.41) is 0. The minimum atomic E-state index is -0.852. The third-order valence-electron chi connectivity index (χ3n) is 8.29. The fourth-order valence-electron chi connectivity index (χ4n) is 5.64. The molecule has 3 aromatic rings. The first kappa shape index (κ1) is 29.1. The molecule has 5 heteroatoms. The number of ether oxygens (including phenoxy) is 2. The number of aryl methyl sites for hydroxylation is 2. The molecule has 3 saturated carbocycles. The van der Waals surface area contributed by atoms with E-state index in [1.807, 2.05) is 6.66 Å². The molecule has 214 valence electrons. The summed E-state index contributed by atoms with van der Waals surface area (Å²) in [7, 11) is 0.907. The Balaban J connectivity index is 0.00000101. The quantitative estimate of drug-likeness (QED) is 0.252. The molecule has 1 N–H and O–H groups in total. The highest BCUT2D eigenvalue weighted by atomic mass is 31.1. The Morgan fingerprint density at radius 3 is 2.30 bits per heavy atom. The van der Waals surface area contributed by atoms with Gasteiger partial charge in [-0.2, -0.15) is 0 Å². The van der Waals surface area contributed by atoms with Crippen LogP contribution in [0.3, 0.4) is 0 Å². The maximum Gasteiger partial charge on any atom is 0.119 e. The minimum absolute atomic E-state index is 0.532. The molecule has 0 spiro atoms. The van der Waals surface area contributed by atoms with Crippen LogP contribution in [0.2, 0.25) is 0 Å². The standard InChI is InChI=1S/C32H40NO3P.C3H6/c1-22-17-27(19-32(33-22)26-11-12-26)30-14-13-28(35-2)20-31(30)25-9-7-24(8-10-25)21-36-29-6-4-5-23(18-29)15-16-37(3)34;1-2-3-1/h4-6,13-14,17-20,24-26,34H,7-12,15-16,21H2,1-3H3;1-3H2. The number of nitrogens with zero attached hydrogens (tertiary/aromatic N) is 1. The second-order valence-electron chi connectivity index (χ2n) is 12.0. The van der Waals surface area contributed by atoms with Gasteiger partial charge in [0, 0.05) is 25.5 Å². The number of benzene rings is 2. The van der Waals surface area contributed by atoms with Gasteiger partial charge in [0.05, 0.1) is 13.7 Å². The highest BCUT2D eigenvalue weighted by molar-refractivity contribution is 7.50. The highest BCUT2D eigenvalue weighted by Gasteiger charge is 2.28. The van der Waals surface area contributed by atoms with Crippen LogP contribution in [0.25, 0.3) is 11.1 Å². The monoisotopic (exact) mass is 559 g/mol. The summed E-state index contributed by atoms with van der Waals surface area (Å²) < 4.78 is 11.9. The van der Waals surface area contributed by atoms with Gasteiger partial charge in [-0.05, 0) is 135 Å². The molecular formula is C35H46NO3P. The fraction of sp³-hybridized carbons (Fsp3) is 0.514. The second kappa shape index (κ2) is 14.0. The summed E-state index contributed by atoms with van der Waals surface area (Å²) in [6, 6.07) is 19.6. The Labute approximate surface area is 242 Å². The highest BCUT2D eigenvalue weighted by Crippen LogP contribution is 2.44. The Bertz CT molecular complexity index is 1240. The molecule has 0 aliphatic heterocycles. The lowest BCUT2D eigenvalue weighted by Gasteiger charge is -2.30. The van der Waals surface area contributed by atoms with Crippen molar-refractivity contribution in [3.63, 3.8) is 0 Å². The summed E-state index contributed by atoms with van der Waals surface area (Å²) in [4.78, 5) is 14.5. The van der Waals surface area contributed by atoms with E-state index in [1.54, 1.807) is 7.11 Å². The zero-order valence-corrected chi connectivity index (χ0v) is 25.5. The summed E-state index contributed by atoms with van der Waals surface area (Å²) in [6.07, 6.45) is 13.5. The normalized spacial score (nSPS) is 20.7. The summed E-state index contributed by atoms with van der Waals surface area (Å²) in [6.45, 7) is 4.80. The Kier molecular flexibility index (Phi) is 10.2. The van der Waals surface area contributed by atoms with E-state index in [-0.39, 0.29) is 0 Å². The number of aromatic nitrogens is 1. The Hall–Kier alpha value is -2.42. The van der Waals surface area contributed by atoms with Gasteiger partial charge in [-0.1, -0.05) is 37.5 Å². The average molecular weight is 560 g/mol. The molecule has 0 amide bonds. The molecule has 0 saturated heterocycles. The molecule has 4 nitrogen and oxygen atoms in total. The molecule has 3 aliphatic rings. The molecule has 1 heterocycles. The van der Waals surface area contributed by atoms with Crippen LogP contribution in [-0.2, 0) is 6.42 Å². The van der Waals surface area contributed by atoms with E-state index in [9.17, 15) is 4.89 Å². The van der Waals surface area contributed by atoms with Gasteiger partial charge in [0.2, 0.25) is 0 Å². The molecule has 3 fully saturated rings. The van der Waals surface area contributed by atoms with Crippen molar-refractivity contribution in [2.45, 2.75) is 83.0 Å². The first-order valence-electron chi connectivity index (χ1n) is 15.3. The SMILES string of the molecule is C1CC1.COc1ccc(-c2cc(C)nc(C3CC3)c2)c(C2CCC(COc3cccc(CCP(C)O)c3)CC2)c1. The predicted molar refractivity (Wildman–Crippen MR) is 167 cm³/mol. The molecular weight excluding hydrogens is 513 g/mol.